The molecule has 0 atom stereocenters. The summed E-state index contributed by atoms with van der Waals surface area (Å²) >= 11 is 6.03. The molecule has 0 radical (unpaired) electrons. The van der Waals surface area contributed by atoms with Crippen LogP contribution in [0.4, 0.5) is 0 Å². The highest BCUT2D eigenvalue weighted by Gasteiger charge is 2.18. The number of aromatic nitrogens is 4. The van der Waals surface area contributed by atoms with Crippen molar-refractivity contribution < 1.29 is 9.90 Å². The number of fused-ring (bicyclic) bond motifs is 1. The molecule has 0 spiro atoms. The molecule has 0 fully saturated rings. The maximum Gasteiger partial charge on any atom is 0.337 e. The Morgan fingerprint density at radius 1 is 1.26 bits per heavy atom. The molecule has 1 N–H and O–H groups in total. The normalized spacial score (nSPS) is 10.8. The Balaban J connectivity index is 2.39. The summed E-state index contributed by atoms with van der Waals surface area (Å²) in [4.78, 5) is 23.4. The number of carboxylic acids is 1. The lowest BCUT2D eigenvalue weighted by Gasteiger charge is -2.01. The number of hydrogen-bond donors (Lipinski definition) is 1. The average Bonchev–Trinajstić information content (AvgIpc) is 2.81. The molecule has 3 rings (SSSR count). The van der Waals surface area contributed by atoms with Crippen molar-refractivity contribution in [1.29, 1.82) is 0 Å². The quantitative estimate of drug-likeness (QED) is 0.774. The summed E-state index contributed by atoms with van der Waals surface area (Å²) in [6.07, 6.45) is 7.53. The molecule has 0 aliphatic rings. The van der Waals surface area contributed by atoms with Crippen LogP contribution in [-0.4, -0.2) is 30.6 Å². The predicted molar refractivity (Wildman–Crippen MR) is 68.6 cm³/mol. The maximum atomic E-state index is 11.3. The van der Waals surface area contributed by atoms with Crippen molar-refractivity contribution in [3.63, 3.8) is 0 Å². The molecule has 0 aliphatic carbocycles. The van der Waals surface area contributed by atoms with E-state index in [-0.39, 0.29) is 10.6 Å². The van der Waals surface area contributed by atoms with E-state index in [0.29, 0.717) is 16.9 Å². The summed E-state index contributed by atoms with van der Waals surface area (Å²) in [5, 5.41) is 9.94. The van der Waals surface area contributed by atoms with E-state index in [2.05, 4.69) is 15.0 Å². The minimum Gasteiger partial charge on any atom is -0.478 e. The third kappa shape index (κ3) is 1.82. The molecule has 94 valence electrons. The van der Waals surface area contributed by atoms with Gasteiger partial charge >= 0.3 is 5.97 Å². The molecule has 0 saturated heterocycles. The molecule has 19 heavy (non-hydrogen) atoms. The number of aromatic carboxylic acids is 1. The first-order chi connectivity index (χ1) is 9.18. The van der Waals surface area contributed by atoms with Gasteiger partial charge in [-0.15, -0.1) is 0 Å². The van der Waals surface area contributed by atoms with Crippen LogP contribution in [0.5, 0.6) is 0 Å². The average molecular weight is 275 g/mol. The summed E-state index contributed by atoms with van der Waals surface area (Å²) in [5.74, 6) is -0.697. The van der Waals surface area contributed by atoms with Crippen LogP contribution in [0.25, 0.3) is 16.9 Å². The predicted octanol–water partition coefficient (Wildman–Crippen LogP) is 2.17. The van der Waals surface area contributed by atoms with E-state index >= 15 is 0 Å². The van der Waals surface area contributed by atoms with Gasteiger partial charge in [-0.2, -0.15) is 0 Å². The lowest BCUT2D eigenvalue weighted by molar-refractivity contribution is 0.0699. The Labute approximate surface area is 112 Å². The van der Waals surface area contributed by atoms with Crippen LogP contribution in [0.3, 0.4) is 0 Å². The molecule has 7 heteroatoms. The summed E-state index contributed by atoms with van der Waals surface area (Å²) in [6.45, 7) is 0. The van der Waals surface area contributed by atoms with Crippen molar-refractivity contribution >= 4 is 28.5 Å². The first-order valence-electron chi connectivity index (χ1n) is 5.33. The molecular formula is C12H7ClN4O2. The van der Waals surface area contributed by atoms with Gasteiger partial charge in [0.2, 0.25) is 5.95 Å². The van der Waals surface area contributed by atoms with Gasteiger partial charge in [-0.3, -0.25) is 9.55 Å². The highest BCUT2D eigenvalue weighted by Crippen LogP contribution is 2.28. The number of carbonyl (C=O) groups is 1. The number of carboxylic acid groups (broad SMARTS) is 1. The van der Waals surface area contributed by atoms with Crippen LogP contribution < -0.4 is 0 Å². The second-order valence-electron chi connectivity index (χ2n) is 3.78. The number of hydrogen-bond acceptors (Lipinski definition) is 4. The summed E-state index contributed by atoms with van der Waals surface area (Å²) in [7, 11) is 0. The van der Waals surface area contributed by atoms with Gasteiger partial charge in [0.15, 0.2) is 0 Å². The second-order valence-corrected chi connectivity index (χ2v) is 4.19. The van der Waals surface area contributed by atoms with Gasteiger partial charge in [0, 0.05) is 30.2 Å². The minimum atomic E-state index is -1.06. The van der Waals surface area contributed by atoms with Crippen LogP contribution in [0.2, 0.25) is 5.02 Å². The molecular weight excluding hydrogens is 268 g/mol. The fraction of sp³-hybridized carbons (Fsp3) is 0. The number of rotatable bonds is 2. The van der Waals surface area contributed by atoms with Crippen LogP contribution >= 0.6 is 11.6 Å². The van der Waals surface area contributed by atoms with Crippen molar-refractivity contribution in [2.75, 3.05) is 0 Å². The Morgan fingerprint density at radius 3 is 2.68 bits per heavy atom. The molecule has 0 aromatic carbocycles. The van der Waals surface area contributed by atoms with Gasteiger partial charge in [-0.1, -0.05) is 11.6 Å². The third-order valence-corrected chi connectivity index (χ3v) is 2.95. The Kier molecular flexibility index (Phi) is 2.64. The second kappa shape index (κ2) is 4.33. The topological polar surface area (TPSA) is 80.9 Å². The van der Waals surface area contributed by atoms with E-state index in [0.717, 1.165) is 0 Å². The van der Waals surface area contributed by atoms with Gasteiger partial charge < -0.3 is 5.11 Å². The number of halogens is 1. The van der Waals surface area contributed by atoms with Crippen molar-refractivity contribution in [2.24, 2.45) is 0 Å². The van der Waals surface area contributed by atoms with Gasteiger partial charge in [0.25, 0.3) is 0 Å². The lowest BCUT2D eigenvalue weighted by Crippen LogP contribution is -1.99. The number of pyridine rings is 1. The van der Waals surface area contributed by atoms with E-state index in [1.165, 1.54) is 18.6 Å². The lowest BCUT2D eigenvalue weighted by atomic mass is 10.2. The molecule has 3 heterocycles. The van der Waals surface area contributed by atoms with Crippen LogP contribution in [-0.2, 0) is 0 Å². The summed E-state index contributed by atoms with van der Waals surface area (Å²) in [5.41, 5.74) is 0.644. The molecule has 0 bridgehead atoms. The van der Waals surface area contributed by atoms with Gasteiger partial charge in [-0.05, 0) is 6.07 Å². The molecule has 0 aliphatic heterocycles. The van der Waals surface area contributed by atoms with E-state index in [1.54, 1.807) is 23.0 Å². The van der Waals surface area contributed by atoms with E-state index in [9.17, 15) is 9.90 Å². The third-order valence-electron chi connectivity index (χ3n) is 2.66. The maximum absolute atomic E-state index is 11.3. The van der Waals surface area contributed by atoms with E-state index in [1.807, 2.05) is 0 Å². The van der Waals surface area contributed by atoms with Gasteiger partial charge in [0.1, 0.15) is 0 Å². The van der Waals surface area contributed by atoms with Crippen molar-refractivity contribution in [1.82, 2.24) is 19.5 Å². The molecule has 0 unspecified atom stereocenters. The van der Waals surface area contributed by atoms with Crippen molar-refractivity contribution in [3.05, 3.63) is 47.6 Å². The molecule has 3 aromatic rings. The first-order valence-corrected chi connectivity index (χ1v) is 5.71. The first kappa shape index (κ1) is 11.6. The van der Waals surface area contributed by atoms with Crippen molar-refractivity contribution in [3.8, 4) is 5.95 Å². The smallest absolute Gasteiger partial charge is 0.337 e. The Hall–Kier alpha value is -2.47. The summed E-state index contributed by atoms with van der Waals surface area (Å²) in [6, 6.07) is 1.68. The fourth-order valence-electron chi connectivity index (χ4n) is 1.88. The summed E-state index contributed by atoms with van der Waals surface area (Å²) < 4.78 is 1.55. The van der Waals surface area contributed by atoms with Crippen LogP contribution in [0.15, 0.2) is 37.1 Å². The zero-order valence-corrected chi connectivity index (χ0v) is 10.2. The van der Waals surface area contributed by atoms with E-state index < -0.39 is 5.97 Å². The molecule has 6 nitrogen and oxygen atoms in total. The zero-order valence-electron chi connectivity index (χ0n) is 9.49. The van der Waals surface area contributed by atoms with Crippen molar-refractivity contribution in [2.45, 2.75) is 0 Å². The Bertz CT molecular complexity index is 770. The van der Waals surface area contributed by atoms with E-state index in [4.69, 9.17) is 11.6 Å². The monoisotopic (exact) mass is 274 g/mol. The van der Waals surface area contributed by atoms with Gasteiger partial charge in [0.05, 0.1) is 22.3 Å². The highest BCUT2D eigenvalue weighted by atomic mass is 35.5. The Morgan fingerprint density at radius 2 is 2.00 bits per heavy atom. The minimum absolute atomic E-state index is 0.0925. The van der Waals surface area contributed by atoms with Crippen LogP contribution in [0, 0.1) is 0 Å². The largest absolute Gasteiger partial charge is 0.478 e. The SMILES string of the molecule is O=C(O)c1cn(-c2ncccn2)c2cncc(Cl)c12. The van der Waals surface area contributed by atoms with Gasteiger partial charge in [-0.25, -0.2) is 14.8 Å². The zero-order chi connectivity index (χ0) is 13.4. The molecule has 0 saturated carbocycles. The fourth-order valence-corrected chi connectivity index (χ4v) is 2.14. The number of nitrogens with zero attached hydrogens (tertiary/aromatic N) is 4. The standard InChI is InChI=1S/C12H7ClN4O2/c13-8-4-14-5-9-10(8)7(11(18)19)6-17(9)12-15-2-1-3-16-12/h1-6H,(H,18,19). The van der Waals surface area contributed by atoms with Crippen LogP contribution in [0.1, 0.15) is 10.4 Å². The molecule has 3 aromatic heterocycles. The molecule has 0 amide bonds. The highest BCUT2D eigenvalue weighted by molar-refractivity contribution is 6.36.